The lowest BCUT2D eigenvalue weighted by atomic mass is 10.1. The van der Waals surface area contributed by atoms with Crippen molar-refractivity contribution < 1.29 is 19.1 Å². The predicted octanol–water partition coefficient (Wildman–Crippen LogP) is 5.53. The van der Waals surface area contributed by atoms with E-state index in [2.05, 4.69) is 10.6 Å². The predicted molar refractivity (Wildman–Crippen MR) is 137 cm³/mol. The number of para-hydroxylation sites is 1. The van der Waals surface area contributed by atoms with Gasteiger partial charge in [-0.2, -0.15) is 5.26 Å². The van der Waals surface area contributed by atoms with Crippen LogP contribution in [-0.2, 0) is 9.59 Å². The Morgan fingerprint density at radius 2 is 1.77 bits per heavy atom. The van der Waals surface area contributed by atoms with Crippen LogP contribution in [-0.4, -0.2) is 25.5 Å². The zero-order valence-electron chi connectivity index (χ0n) is 19.5. The van der Waals surface area contributed by atoms with Gasteiger partial charge in [-0.15, -0.1) is 0 Å². The number of carbonyl (C=O) groups excluding carboxylic acids is 2. The summed E-state index contributed by atoms with van der Waals surface area (Å²) in [7, 11) is 1.46. The van der Waals surface area contributed by atoms with Crippen LogP contribution in [0.25, 0.3) is 6.08 Å². The quantitative estimate of drug-likeness (QED) is 0.320. The summed E-state index contributed by atoms with van der Waals surface area (Å²) in [5.41, 5.74) is 3.48. The molecule has 2 N–H and O–H groups in total. The molecule has 7 nitrogen and oxygen atoms in total. The lowest BCUT2D eigenvalue weighted by molar-refractivity contribution is -0.118. The summed E-state index contributed by atoms with van der Waals surface area (Å²) in [6, 6.07) is 19.3. The zero-order chi connectivity index (χ0) is 25.4. The van der Waals surface area contributed by atoms with Crippen LogP contribution in [0.3, 0.4) is 0 Å². The standard InChI is InChI=1S/C27H24ClN3O4/c1-17-8-10-21(14-22(17)28)30-26(32)16-35-24-11-9-19(13-25(24)34-3)12-20(15-29)27(33)31-23-7-5-4-6-18(23)2/h4-14H,16H2,1-3H3,(H,30,32)(H,31,33)/b20-12-. The third-order valence-corrected chi connectivity index (χ3v) is 5.48. The van der Waals surface area contributed by atoms with E-state index in [-0.39, 0.29) is 18.1 Å². The van der Waals surface area contributed by atoms with Crippen LogP contribution in [0.4, 0.5) is 11.4 Å². The number of rotatable bonds is 8. The van der Waals surface area contributed by atoms with Crippen LogP contribution < -0.4 is 20.1 Å². The molecule has 3 aromatic carbocycles. The molecule has 3 rings (SSSR count). The molecule has 0 aliphatic heterocycles. The molecular formula is C27H24ClN3O4. The molecule has 0 bridgehead atoms. The highest BCUT2D eigenvalue weighted by molar-refractivity contribution is 6.31. The van der Waals surface area contributed by atoms with Crippen LogP contribution in [0.2, 0.25) is 5.02 Å². The van der Waals surface area contributed by atoms with Crippen molar-refractivity contribution >= 4 is 40.9 Å². The SMILES string of the molecule is COc1cc(/C=C(/C#N)C(=O)Nc2ccccc2C)ccc1OCC(=O)Nc1ccc(C)c(Cl)c1. The van der Waals surface area contributed by atoms with Crippen LogP contribution in [0.5, 0.6) is 11.5 Å². The molecule has 0 atom stereocenters. The fourth-order valence-corrected chi connectivity index (χ4v) is 3.30. The Morgan fingerprint density at radius 1 is 1.00 bits per heavy atom. The van der Waals surface area contributed by atoms with Gasteiger partial charge in [0, 0.05) is 16.4 Å². The van der Waals surface area contributed by atoms with Gasteiger partial charge in [0.2, 0.25) is 0 Å². The minimum Gasteiger partial charge on any atom is -0.493 e. The molecule has 0 spiro atoms. The number of hydrogen-bond acceptors (Lipinski definition) is 5. The first-order valence-electron chi connectivity index (χ1n) is 10.7. The number of aryl methyl sites for hydroxylation is 2. The Labute approximate surface area is 208 Å². The van der Waals surface area contributed by atoms with Crippen LogP contribution in [0.1, 0.15) is 16.7 Å². The average Bonchev–Trinajstić information content (AvgIpc) is 2.85. The molecule has 0 radical (unpaired) electrons. The van der Waals surface area contributed by atoms with E-state index in [1.807, 2.05) is 38.1 Å². The van der Waals surface area contributed by atoms with Crippen molar-refractivity contribution in [1.29, 1.82) is 5.26 Å². The average molecular weight is 490 g/mol. The Morgan fingerprint density at radius 3 is 2.46 bits per heavy atom. The van der Waals surface area contributed by atoms with E-state index >= 15 is 0 Å². The van der Waals surface area contributed by atoms with Crippen molar-refractivity contribution in [2.75, 3.05) is 24.4 Å². The first kappa shape index (κ1) is 25.3. The molecular weight excluding hydrogens is 466 g/mol. The Balaban J connectivity index is 1.68. The van der Waals surface area contributed by atoms with Gasteiger partial charge >= 0.3 is 0 Å². The second-order valence-corrected chi connectivity index (χ2v) is 8.06. The van der Waals surface area contributed by atoms with Crippen LogP contribution >= 0.6 is 11.6 Å². The summed E-state index contributed by atoms with van der Waals surface area (Å²) in [5, 5.41) is 15.5. The van der Waals surface area contributed by atoms with Crippen molar-refractivity contribution in [3.8, 4) is 17.6 Å². The maximum Gasteiger partial charge on any atom is 0.266 e. The molecule has 0 saturated carbocycles. The third kappa shape index (κ3) is 6.85. The number of methoxy groups -OCH3 is 1. The molecule has 0 aromatic heterocycles. The smallest absolute Gasteiger partial charge is 0.266 e. The lowest BCUT2D eigenvalue weighted by Gasteiger charge is -2.12. The Kier molecular flexibility index (Phi) is 8.49. The summed E-state index contributed by atoms with van der Waals surface area (Å²) in [5.74, 6) is -0.198. The molecule has 0 unspecified atom stereocenters. The van der Waals surface area contributed by atoms with E-state index in [9.17, 15) is 14.9 Å². The summed E-state index contributed by atoms with van der Waals surface area (Å²) >= 11 is 6.09. The zero-order valence-corrected chi connectivity index (χ0v) is 20.3. The van der Waals surface area contributed by atoms with E-state index in [0.29, 0.717) is 33.5 Å². The number of hydrogen-bond donors (Lipinski definition) is 2. The van der Waals surface area contributed by atoms with Gasteiger partial charge < -0.3 is 20.1 Å². The van der Waals surface area contributed by atoms with E-state index in [1.54, 1.807) is 42.5 Å². The number of ether oxygens (including phenoxy) is 2. The maximum atomic E-state index is 12.6. The number of nitrogens with zero attached hydrogens (tertiary/aromatic N) is 1. The molecule has 2 amide bonds. The normalized spacial score (nSPS) is 10.8. The molecule has 0 aliphatic carbocycles. The molecule has 35 heavy (non-hydrogen) atoms. The number of nitriles is 1. The van der Waals surface area contributed by atoms with Gasteiger partial charge in [0.25, 0.3) is 11.8 Å². The number of benzene rings is 3. The summed E-state index contributed by atoms with van der Waals surface area (Å²) < 4.78 is 11.0. The number of carbonyl (C=O) groups is 2. The number of halogens is 1. The molecule has 178 valence electrons. The highest BCUT2D eigenvalue weighted by Crippen LogP contribution is 2.29. The van der Waals surface area contributed by atoms with Gasteiger partial charge in [0.05, 0.1) is 7.11 Å². The van der Waals surface area contributed by atoms with E-state index < -0.39 is 5.91 Å². The minimum atomic E-state index is -0.519. The Hall–Kier alpha value is -4.28. The monoisotopic (exact) mass is 489 g/mol. The molecule has 0 fully saturated rings. The molecule has 0 heterocycles. The molecule has 8 heteroatoms. The minimum absolute atomic E-state index is 0.0693. The van der Waals surface area contributed by atoms with Gasteiger partial charge in [0.15, 0.2) is 18.1 Å². The third-order valence-electron chi connectivity index (χ3n) is 5.07. The van der Waals surface area contributed by atoms with Gasteiger partial charge in [-0.25, -0.2) is 0 Å². The summed E-state index contributed by atoms with van der Waals surface area (Å²) in [6.07, 6.45) is 1.45. The molecule has 0 saturated heterocycles. The maximum absolute atomic E-state index is 12.6. The largest absolute Gasteiger partial charge is 0.493 e. The lowest BCUT2D eigenvalue weighted by Crippen LogP contribution is -2.20. The first-order valence-corrected chi connectivity index (χ1v) is 11.0. The van der Waals surface area contributed by atoms with Crippen molar-refractivity contribution in [2.24, 2.45) is 0 Å². The fourth-order valence-electron chi connectivity index (χ4n) is 3.12. The topological polar surface area (TPSA) is 100 Å². The van der Waals surface area contributed by atoms with Crippen molar-refractivity contribution in [2.45, 2.75) is 13.8 Å². The highest BCUT2D eigenvalue weighted by Gasteiger charge is 2.13. The van der Waals surface area contributed by atoms with Crippen molar-refractivity contribution in [3.05, 3.63) is 87.9 Å². The fraction of sp³-hybridized carbons (Fsp3) is 0.148. The van der Waals surface area contributed by atoms with E-state index in [1.165, 1.54) is 13.2 Å². The van der Waals surface area contributed by atoms with Crippen molar-refractivity contribution in [1.82, 2.24) is 0 Å². The van der Waals surface area contributed by atoms with Gasteiger partial charge in [-0.05, 0) is 66.9 Å². The second-order valence-electron chi connectivity index (χ2n) is 7.65. The number of amides is 2. The van der Waals surface area contributed by atoms with Crippen LogP contribution in [0.15, 0.2) is 66.2 Å². The first-order chi connectivity index (χ1) is 16.8. The molecule has 0 aliphatic rings. The van der Waals surface area contributed by atoms with Gasteiger partial charge in [0.1, 0.15) is 11.6 Å². The van der Waals surface area contributed by atoms with Gasteiger partial charge in [-0.1, -0.05) is 41.9 Å². The van der Waals surface area contributed by atoms with Crippen LogP contribution in [0, 0.1) is 25.2 Å². The Bertz CT molecular complexity index is 1330. The van der Waals surface area contributed by atoms with Gasteiger partial charge in [-0.3, -0.25) is 9.59 Å². The summed E-state index contributed by atoms with van der Waals surface area (Å²) in [4.78, 5) is 24.9. The number of anilines is 2. The number of nitrogens with one attached hydrogen (secondary N) is 2. The van der Waals surface area contributed by atoms with Crippen molar-refractivity contribution in [3.63, 3.8) is 0 Å². The second kappa shape index (κ2) is 11.7. The van der Waals surface area contributed by atoms with E-state index in [4.69, 9.17) is 21.1 Å². The molecule has 3 aromatic rings. The highest BCUT2D eigenvalue weighted by atomic mass is 35.5. The van der Waals surface area contributed by atoms with E-state index in [0.717, 1.165) is 11.1 Å². The summed E-state index contributed by atoms with van der Waals surface area (Å²) in [6.45, 7) is 3.49.